The number of rotatable bonds is 2. The zero-order chi connectivity index (χ0) is 12.0. The molecule has 2 unspecified atom stereocenters. The van der Waals surface area contributed by atoms with Crippen LogP contribution in [0.3, 0.4) is 0 Å². The van der Waals surface area contributed by atoms with Gasteiger partial charge in [0.15, 0.2) is 0 Å². The van der Waals surface area contributed by atoms with Crippen LogP contribution in [0.5, 0.6) is 0 Å². The van der Waals surface area contributed by atoms with Crippen LogP contribution in [-0.4, -0.2) is 33.3 Å². The van der Waals surface area contributed by atoms with Crippen molar-refractivity contribution < 1.29 is 0 Å². The van der Waals surface area contributed by atoms with Crippen LogP contribution >= 0.6 is 0 Å². The van der Waals surface area contributed by atoms with Crippen molar-refractivity contribution in [1.82, 2.24) is 14.9 Å². The summed E-state index contributed by atoms with van der Waals surface area (Å²) in [6, 6.07) is 0.603. The average molecular weight is 231 g/mol. The third-order valence-corrected chi connectivity index (χ3v) is 3.63. The summed E-state index contributed by atoms with van der Waals surface area (Å²) in [7, 11) is 0. The Kier molecular flexibility index (Phi) is 2.28. The van der Waals surface area contributed by atoms with E-state index in [2.05, 4.69) is 28.7 Å². The first-order valence-electron chi connectivity index (χ1n) is 6.19. The second-order valence-electron chi connectivity index (χ2n) is 4.54. The fourth-order valence-electron chi connectivity index (χ4n) is 2.94. The second kappa shape index (κ2) is 3.68. The monoisotopic (exact) mass is 231 g/mol. The number of aromatic nitrogens is 2. The molecular weight excluding hydrogens is 214 g/mol. The van der Waals surface area contributed by atoms with E-state index in [0.717, 1.165) is 25.1 Å². The Balaban J connectivity index is 2.03. The lowest BCUT2D eigenvalue weighted by atomic mass is 10.1. The van der Waals surface area contributed by atoms with Gasteiger partial charge in [-0.15, -0.1) is 0 Å². The molecule has 2 atom stereocenters. The highest BCUT2D eigenvalue weighted by Gasteiger charge is 2.42. The van der Waals surface area contributed by atoms with Crippen LogP contribution < -0.4 is 5.73 Å². The molecule has 3 rings (SSSR count). The molecule has 0 saturated heterocycles. The summed E-state index contributed by atoms with van der Waals surface area (Å²) < 4.78 is 0. The lowest BCUT2D eigenvalue weighted by molar-refractivity contribution is 0.329. The molecule has 0 radical (unpaired) electrons. The summed E-state index contributed by atoms with van der Waals surface area (Å²) in [5, 5.41) is 0. The van der Waals surface area contributed by atoms with Gasteiger partial charge in [-0.05, 0) is 12.5 Å². The third-order valence-electron chi connectivity index (χ3n) is 3.63. The maximum Gasteiger partial charge on any atom is 0.220 e. The van der Waals surface area contributed by atoms with Crippen LogP contribution in [0.1, 0.15) is 37.6 Å². The molecule has 2 aliphatic rings. The van der Waals surface area contributed by atoms with E-state index in [9.17, 15) is 0 Å². The zero-order valence-electron chi connectivity index (χ0n) is 10.2. The summed E-state index contributed by atoms with van der Waals surface area (Å²) in [6.45, 7) is 5.28. The van der Waals surface area contributed by atoms with Crippen molar-refractivity contribution in [2.75, 3.05) is 12.3 Å². The minimum atomic E-state index is 0.287. The molecule has 1 aliphatic carbocycles. The quantitative estimate of drug-likeness (QED) is 0.829. The summed E-state index contributed by atoms with van der Waals surface area (Å²) >= 11 is 0. The third kappa shape index (κ3) is 1.41. The molecular formula is C12H17N5. The van der Waals surface area contributed by atoms with Crippen molar-refractivity contribution in [3.63, 3.8) is 0 Å². The largest absolute Gasteiger partial charge is 0.368 e. The van der Waals surface area contributed by atoms with Gasteiger partial charge in [0.05, 0.1) is 23.6 Å². The molecule has 0 spiro atoms. The summed E-state index contributed by atoms with van der Waals surface area (Å²) in [6.07, 6.45) is 3.78. The number of hydrogen-bond acceptors (Lipinski definition) is 5. The van der Waals surface area contributed by atoms with Gasteiger partial charge in [-0.2, -0.15) is 0 Å². The van der Waals surface area contributed by atoms with Gasteiger partial charge in [0.25, 0.3) is 0 Å². The van der Waals surface area contributed by atoms with Gasteiger partial charge < -0.3 is 10.6 Å². The number of anilines is 1. The molecule has 5 nitrogen and oxygen atoms in total. The Bertz CT molecular complexity index is 482. The molecule has 2 N–H and O–H groups in total. The van der Waals surface area contributed by atoms with Gasteiger partial charge in [-0.1, -0.05) is 6.92 Å². The summed E-state index contributed by atoms with van der Waals surface area (Å²) in [5.41, 5.74) is 7.97. The molecule has 0 bridgehead atoms. The number of likely N-dealkylation sites (N-methyl/N-ethyl adjacent to an activating group) is 1. The Hall–Kier alpha value is -1.65. The van der Waals surface area contributed by atoms with Gasteiger partial charge in [0.1, 0.15) is 0 Å². The Labute approximate surface area is 101 Å². The molecule has 1 aliphatic heterocycles. The fourth-order valence-corrected chi connectivity index (χ4v) is 2.94. The maximum absolute atomic E-state index is 5.69. The molecule has 17 heavy (non-hydrogen) atoms. The highest BCUT2D eigenvalue weighted by atomic mass is 15.3. The number of fused-ring (bicyclic) bond motifs is 3. The molecule has 1 aromatic heterocycles. The van der Waals surface area contributed by atoms with E-state index in [1.54, 1.807) is 0 Å². The Morgan fingerprint density at radius 3 is 3.00 bits per heavy atom. The molecule has 90 valence electrons. The van der Waals surface area contributed by atoms with E-state index in [1.807, 2.05) is 6.20 Å². The van der Waals surface area contributed by atoms with Crippen LogP contribution in [0.25, 0.3) is 0 Å². The standard InChI is InChI=1S/C12H17N5/c1-3-9-15-8-5-7-6-14-12(13)16-10(7)11(8)17(9)4-2/h6,8,11H,3-5H2,1-2H3,(H2,13,14,16). The number of nitrogens with two attached hydrogens (primary N) is 1. The van der Waals surface area contributed by atoms with E-state index >= 15 is 0 Å². The minimum absolute atomic E-state index is 0.287. The Morgan fingerprint density at radius 2 is 2.29 bits per heavy atom. The first kappa shape index (κ1) is 10.5. The lowest BCUT2D eigenvalue weighted by Gasteiger charge is -2.25. The highest BCUT2D eigenvalue weighted by molar-refractivity contribution is 5.85. The van der Waals surface area contributed by atoms with Crippen molar-refractivity contribution in [2.24, 2.45) is 4.99 Å². The molecule has 2 heterocycles. The predicted molar refractivity (Wildman–Crippen MR) is 66.8 cm³/mol. The van der Waals surface area contributed by atoms with E-state index in [0.29, 0.717) is 12.0 Å². The Morgan fingerprint density at radius 1 is 1.47 bits per heavy atom. The predicted octanol–water partition coefficient (Wildman–Crippen LogP) is 1.17. The van der Waals surface area contributed by atoms with Crippen LogP contribution in [0.4, 0.5) is 5.95 Å². The molecule has 0 amide bonds. The van der Waals surface area contributed by atoms with E-state index in [1.165, 1.54) is 11.4 Å². The average Bonchev–Trinajstić information content (AvgIpc) is 2.84. The number of aliphatic imine (C=N–C) groups is 1. The maximum atomic E-state index is 5.69. The lowest BCUT2D eigenvalue weighted by Crippen LogP contribution is -2.31. The van der Waals surface area contributed by atoms with Gasteiger partial charge in [0, 0.05) is 25.6 Å². The van der Waals surface area contributed by atoms with Gasteiger partial charge in [0.2, 0.25) is 5.95 Å². The first-order valence-corrected chi connectivity index (χ1v) is 6.19. The van der Waals surface area contributed by atoms with Crippen LogP contribution in [0.15, 0.2) is 11.2 Å². The van der Waals surface area contributed by atoms with Crippen molar-refractivity contribution in [3.8, 4) is 0 Å². The van der Waals surface area contributed by atoms with E-state index in [-0.39, 0.29) is 6.04 Å². The molecule has 0 fully saturated rings. The highest BCUT2D eigenvalue weighted by Crippen LogP contribution is 2.40. The molecule has 5 heteroatoms. The summed E-state index contributed by atoms with van der Waals surface area (Å²) in [5.74, 6) is 1.57. The van der Waals surface area contributed by atoms with Crippen molar-refractivity contribution >= 4 is 11.8 Å². The molecule has 0 saturated carbocycles. The van der Waals surface area contributed by atoms with Crippen LogP contribution in [0.2, 0.25) is 0 Å². The van der Waals surface area contributed by atoms with Crippen molar-refractivity contribution in [1.29, 1.82) is 0 Å². The number of nitrogens with zero attached hydrogens (tertiary/aromatic N) is 4. The van der Waals surface area contributed by atoms with Crippen molar-refractivity contribution in [3.05, 3.63) is 17.5 Å². The zero-order valence-corrected chi connectivity index (χ0v) is 10.2. The normalized spacial score (nSPS) is 25.8. The van der Waals surface area contributed by atoms with Crippen molar-refractivity contribution in [2.45, 2.75) is 38.8 Å². The smallest absolute Gasteiger partial charge is 0.220 e. The molecule has 0 aromatic carbocycles. The van der Waals surface area contributed by atoms with Gasteiger partial charge >= 0.3 is 0 Å². The molecule has 1 aromatic rings. The van der Waals surface area contributed by atoms with Crippen LogP contribution in [0, 0.1) is 0 Å². The van der Waals surface area contributed by atoms with E-state index < -0.39 is 0 Å². The van der Waals surface area contributed by atoms with Crippen LogP contribution in [-0.2, 0) is 6.42 Å². The number of hydrogen-bond donors (Lipinski definition) is 1. The first-order chi connectivity index (χ1) is 8.24. The number of nitrogen functional groups attached to an aromatic ring is 1. The minimum Gasteiger partial charge on any atom is -0.368 e. The second-order valence-corrected chi connectivity index (χ2v) is 4.54. The SMILES string of the molecule is CCC1=NC2Cc3cnc(N)nc3C2N1CC. The summed E-state index contributed by atoms with van der Waals surface area (Å²) in [4.78, 5) is 15.6. The topological polar surface area (TPSA) is 67.4 Å². The van der Waals surface area contributed by atoms with Gasteiger partial charge in [-0.25, -0.2) is 9.97 Å². The fraction of sp³-hybridized carbons (Fsp3) is 0.583. The van der Waals surface area contributed by atoms with E-state index in [4.69, 9.17) is 10.7 Å². The number of amidine groups is 1. The van der Waals surface area contributed by atoms with Gasteiger partial charge in [-0.3, -0.25) is 4.99 Å².